The zero-order valence-corrected chi connectivity index (χ0v) is 12.6. The van der Waals surface area contributed by atoms with Crippen LogP contribution in [0.5, 0.6) is 0 Å². The van der Waals surface area contributed by atoms with Crippen molar-refractivity contribution in [1.82, 2.24) is 0 Å². The second-order valence-corrected chi connectivity index (χ2v) is 6.16. The number of halogens is 1. The number of nitrogens with one attached hydrogen (secondary N) is 1. The minimum Gasteiger partial charge on any atom is -0.398 e. The van der Waals surface area contributed by atoms with Gasteiger partial charge in [-0.15, -0.1) is 11.3 Å². The summed E-state index contributed by atoms with van der Waals surface area (Å²) in [5.41, 5.74) is 8.93. The van der Waals surface area contributed by atoms with Gasteiger partial charge in [0.2, 0.25) is 0 Å². The van der Waals surface area contributed by atoms with Crippen molar-refractivity contribution in [3.63, 3.8) is 0 Å². The fourth-order valence-electron chi connectivity index (χ4n) is 1.71. The Balaban J connectivity index is 2.26. The molecule has 19 heavy (non-hydrogen) atoms. The van der Waals surface area contributed by atoms with E-state index in [0.29, 0.717) is 21.3 Å². The van der Waals surface area contributed by atoms with Crippen LogP contribution in [0.25, 0.3) is 0 Å². The molecule has 0 spiro atoms. The number of anilines is 2. The molecule has 100 valence electrons. The first-order valence-corrected chi connectivity index (χ1v) is 7.02. The van der Waals surface area contributed by atoms with Gasteiger partial charge in [-0.25, -0.2) is 0 Å². The van der Waals surface area contributed by atoms with E-state index in [9.17, 15) is 4.79 Å². The van der Waals surface area contributed by atoms with E-state index in [1.807, 2.05) is 26.8 Å². The summed E-state index contributed by atoms with van der Waals surface area (Å²) in [5, 5.41) is 3.31. The highest BCUT2D eigenvalue weighted by Crippen LogP contribution is 2.28. The molecule has 5 heteroatoms. The van der Waals surface area contributed by atoms with E-state index in [0.717, 1.165) is 16.0 Å². The molecule has 2 aromatic rings. The summed E-state index contributed by atoms with van der Waals surface area (Å²) in [6, 6.07) is 5.32. The van der Waals surface area contributed by atoms with Gasteiger partial charge in [0.25, 0.3) is 5.91 Å². The summed E-state index contributed by atoms with van der Waals surface area (Å²) in [5.74, 6) is -0.120. The Kier molecular flexibility index (Phi) is 3.83. The summed E-state index contributed by atoms with van der Waals surface area (Å²) < 4.78 is 0. The maximum Gasteiger partial charge on any atom is 0.265 e. The highest BCUT2D eigenvalue weighted by Gasteiger charge is 2.12. The summed E-state index contributed by atoms with van der Waals surface area (Å²) >= 11 is 7.46. The highest BCUT2D eigenvalue weighted by molar-refractivity contribution is 7.14. The second kappa shape index (κ2) is 5.23. The number of amides is 1. The lowest BCUT2D eigenvalue weighted by atomic mass is 10.1. The van der Waals surface area contributed by atoms with Gasteiger partial charge >= 0.3 is 0 Å². The monoisotopic (exact) mass is 294 g/mol. The average molecular weight is 295 g/mol. The normalized spacial score (nSPS) is 10.5. The molecule has 0 radical (unpaired) electrons. The van der Waals surface area contributed by atoms with Crippen LogP contribution in [0.4, 0.5) is 11.4 Å². The topological polar surface area (TPSA) is 55.1 Å². The first-order valence-electron chi connectivity index (χ1n) is 5.82. The van der Waals surface area contributed by atoms with E-state index in [-0.39, 0.29) is 5.91 Å². The lowest BCUT2D eigenvalue weighted by Crippen LogP contribution is -2.11. The van der Waals surface area contributed by atoms with E-state index in [1.165, 1.54) is 11.3 Å². The van der Waals surface area contributed by atoms with Crippen LogP contribution in [-0.4, -0.2) is 5.91 Å². The number of benzene rings is 1. The van der Waals surface area contributed by atoms with Crippen LogP contribution in [0.15, 0.2) is 18.2 Å². The number of aryl methyl sites for hydroxylation is 3. The molecule has 0 bridgehead atoms. The van der Waals surface area contributed by atoms with E-state index in [1.54, 1.807) is 12.1 Å². The van der Waals surface area contributed by atoms with Crippen molar-refractivity contribution in [2.24, 2.45) is 0 Å². The molecule has 0 saturated carbocycles. The van der Waals surface area contributed by atoms with Crippen LogP contribution >= 0.6 is 22.9 Å². The molecule has 1 aromatic carbocycles. The summed E-state index contributed by atoms with van der Waals surface area (Å²) in [4.78, 5) is 14.0. The van der Waals surface area contributed by atoms with Crippen molar-refractivity contribution in [3.05, 3.63) is 44.1 Å². The van der Waals surface area contributed by atoms with Crippen LogP contribution in [0.1, 0.15) is 25.7 Å². The molecule has 3 N–H and O–H groups in total. The maximum atomic E-state index is 12.2. The van der Waals surface area contributed by atoms with Crippen LogP contribution in [0.3, 0.4) is 0 Å². The molecule has 0 aliphatic carbocycles. The fraction of sp³-hybridized carbons (Fsp3) is 0.214. The number of nitrogens with two attached hydrogens (primary N) is 1. The molecule has 0 fully saturated rings. The van der Waals surface area contributed by atoms with E-state index in [2.05, 4.69) is 5.32 Å². The van der Waals surface area contributed by atoms with E-state index in [4.69, 9.17) is 17.3 Å². The second-order valence-electron chi connectivity index (χ2n) is 4.49. The summed E-state index contributed by atoms with van der Waals surface area (Å²) in [7, 11) is 0. The molecule has 0 unspecified atom stereocenters. The molecule has 0 saturated heterocycles. The molecule has 3 nitrogen and oxygen atoms in total. The minimum absolute atomic E-state index is 0.120. The van der Waals surface area contributed by atoms with Crippen molar-refractivity contribution < 1.29 is 4.79 Å². The predicted molar refractivity (Wildman–Crippen MR) is 82.3 cm³/mol. The van der Waals surface area contributed by atoms with Gasteiger partial charge in [-0.05, 0) is 50.1 Å². The standard InChI is InChI=1S/C14H15ClN2OS/c1-7-5-13(19-9(7)3)14(18)17-12-6-10(15)11(16)4-8(12)2/h4-6H,16H2,1-3H3,(H,17,18). The fourth-order valence-corrected chi connectivity index (χ4v) is 2.80. The largest absolute Gasteiger partial charge is 0.398 e. The first kappa shape index (κ1) is 13.9. The number of rotatable bonds is 2. The van der Waals surface area contributed by atoms with Gasteiger partial charge in [0, 0.05) is 10.6 Å². The molecule has 1 aromatic heterocycles. The van der Waals surface area contributed by atoms with Gasteiger partial charge in [0.1, 0.15) is 0 Å². The van der Waals surface area contributed by atoms with Crippen LogP contribution < -0.4 is 11.1 Å². The Hall–Kier alpha value is -1.52. The lowest BCUT2D eigenvalue weighted by Gasteiger charge is -2.09. The summed E-state index contributed by atoms with van der Waals surface area (Å²) in [6.07, 6.45) is 0. The number of carbonyl (C=O) groups is 1. The Morgan fingerprint density at radius 3 is 2.47 bits per heavy atom. The number of hydrogen-bond donors (Lipinski definition) is 2. The van der Waals surface area contributed by atoms with Crippen molar-refractivity contribution in [3.8, 4) is 0 Å². The SMILES string of the molecule is Cc1cc(N)c(Cl)cc1NC(=O)c1cc(C)c(C)s1. The molecule has 1 amide bonds. The molecule has 0 atom stereocenters. The molecule has 2 rings (SSSR count). The minimum atomic E-state index is -0.120. The summed E-state index contributed by atoms with van der Waals surface area (Å²) in [6.45, 7) is 5.88. The Morgan fingerprint density at radius 1 is 1.21 bits per heavy atom. The smallest absolute Gasteiger partial charge is 0.265 e. The van der Waals surface area contributed by atoms with Gasteiger partial charge in [-0.3, -0.25) is 4.79 Å². The van der Waals surface area contributed by atoms with E-state index < -0.39 is 0 Å². The van der Waals surface area contributed by atoms with Crippen molar-refractivity contribution in [1.29, 1.82) is 0 Å². The predicted octanol–water partition coefficient (Wildman–Crippen LogP) is 4.16. The maximum absolute atomic E-state index is 12.2. The van der Waals surface area contributed by atoms with Crippen LogP contribution in [-0.2, 0) is 0 Å². The first-order chi connectivity index (χ1) is 8.88. The highest BCUT2D eigenvalue weighted by atomic mass is 35.5. The third-order valence-corrected chi connectivity index (χ3v) is 4.46. The quantitative estimate of drug-likeness (QED) is 0.817. The van der Waals surface area contributed by atoms with Gasteiger partial charge in [0.15, 0.2) is 0 Å². The third-order valence-electron chi connectivity index (χ3n) is 2.98. The lowest BCUT2D eigenvalue weighted by molar-refractivity contribution is 0.103. The van der Waals surface area contributed by atoms with Gasteiger partial charge in [-0.2, -0.15) is 0 Å². The van der Waals surface area contributed by atoms with Gasteiger partial charge in [-0.1, -0.05) is 11.6 Å². The number of hydrogen-bond acceptors (Lipinski definition) is 3. The number of nitrogen functional groups attached to an aromatic ring is 1. The average Bonchev–Trinajstić information content (AvgIpc) is 2.67. The Labute approximate surface area is 121 Å². The number of thiophene rings is 1. The Bertz CT molecular complexity index is 630. The Morgan fingerprint density at radius 2 is 1.89 bits per heavy atom. The van der Waals surface area contributed by atoms with Crippen molar-refractivity contribution in [2.45, 2.75) is 20.8 Å². The van der Waals surface area contributed by atoms with Crippen LogP contribution in [0.2, 0.25) is 5.02 Å². The molecule has 1 heterocycles. The zero-order chi connectivity index (χ0) is 14.2. The van der Waals surface area contributed by atoms with Crippen molar-refractivity contribution in [2.75, 3.05) is 11.1 Å². The zero-order valence-electron chi connectivity index (χ0n) is 11.0. The number of carbonyl (C=O) groups excluding carboxylic acids is 1. The van der Waals surface area contributed by atoms with E-state index >= 15 is 0 Å². The molecule has 0 aliphatic heterocycles. The third kappa shape index (κ3) is 2.91. The molecule has 0 aliphatic rings. The molecular weight excluding hydrogens is 280 g/mol. The van der Waals surface area contributed by atoms with Gasteiger partial charge < -0.3 is 11.1 Å². The molecular formula is C14H15ClN2OS. The van der Waals surface area contributed by atoms with Crippen LogP contribution in [0, 0.1) is 20.8 Å². The van der Waals surface area contributed by atoms with Gasteiger partial charge in [0.05, 0.1) is 15.6 Å². The van der Waals surface area contributed by atoms with Crippen molar-refractivity contribution >= 4 is 40.2 Å².